The molecular weight excluding hydrogens is 330 g/mol. The molecule has 3 heterocycles. The molecule has 7 nitrogen and oxygen atoms in total. The predicted molar refractivity (Wildman–Crippen MR) is 94.2 cm³/mol. The Balaban J connectivity index is 1.38. The molecule has 0 radical (unpaired) electrons. The van der Waals surface area contributed by atoms with E-state index in [1.807, 2.05) is 42.2 Å². The number of amides is 1. The van der Waals surface area contributed by atoms with E-state index in [0.717, 1.165) is 17.7 Å². The van der Waals surface area contributed by atoms with Gasteiger partial charge in [0.1, 0.15) is 5.69 Å². The van der Waals surface area contributed by atoms with Crippen molar-refractivity contribution in [2.75, 3.05) is 13.1 Å². The van der Waals surface area contributed by atoms with Gasteiger partial charge in [-0.15, -0.1) is 0 Å². The number of aromatic nitrogens is 4. The Labute approximate surface area is 151 Å². The molecule has 2 aromatic heterocycles. The van der Waals surface area contributed by atoms with Gasteiger partial charge in [-0.25, -0.2) is 4.98 Å². The fourth-order valence-electron chi connectivity index (χ4n) is 3.14. The molecule has 4 rings (SSSR count). The van der Waals surface area contributed by atoms with Crippen molar-refractivity contribution in [3.8, 4) is 11.5 Å². The number of nitrogens with zero attached hydrogens (tertiary/aromatic N) is 5. The normalized spacial score (nSPS) is 16.8. The highest BCUT2D eigenvalue weighted by atomic mass is 16.5. The molecule has 0 bridgehead atoms. The third-order valence-corrected chi connectivity index (χ3v) is 4.53. The van der Waals surface area contributed by atoms with Crippen molar-refractivity contribution < 1.29 is 9.32 Å². The summed E-state index contributed by atoms with van der Waals surface area (Å²) in [6.45, 7) is 3.23. The van der Waals surface area contributed by atoms with Gasteiger partial charge in [-0.1, -0.05) is 23.4 Å². The van der Waals surface area contributed by atoms with Crippen LogP contribution in [0.3, 0.4) is 0 Å². The molecule has 1 aliphatic rings. The summed E-state index contributed by atoms with van der Waals surface area (Å²) in [6.07, 6.45) is 4.77. The quantitative estimate of drug-likeness (QED) is 0.719. The molecule has 0 spiro atoms. The van der Waals surface area contributed by atoms with Gasteiger partial charge in [0.15, 0.2) is 5.82 Å². The first-order chi connectivity index (χ1) is 12.7. The Morgan fingerprint density at radius 1 is 1.23 bits per heavy atom. The maximum atomic E-state index is 12.5. The Kier molecular flexibility index (Phi) is 4.43. The molecule has 1 aliphatic heterocycles. The fourth-order valence-corrected chi connectivity index (χ4v) is 3.14. The molecule has 7 heteroatoms. The van der Waals surface area contributed by atoms with E-state index in [4.69, 9.17) is 4.52 Å². The molecule has 1 amide bonds. The molecular formula is C19H19N5O2. The highest BCUT2D eigenvalue weighted by Gasteiger charge is 2.29. The lowest BCUT2D eigenvalue weighted by Crippen LogP contribution is -2.29. The van der Waals surface area contributed by atoms with Crippen molar-refractivity contribution >= 4 is 5.91 Å². The summed E-state index contributed by atoms with van der Waals surface area (Å²) in [5.74, 6) is 1.46. The lowest BCUT2D eigenvalue weighted by Gasteiger charge is -2.15. The highest BCUT2D eigenvalue weighted by molar-refractivity contribution is 5.92. The van der Waals surface area contributed by atoms with Crippen LogP contribution in [0.1, 0.15) is 28.4 Å². The van der Waals surface area contributed by atoms with E-state index in [-0.39, 0.29) is 5.91 Å². The first-order valence-electron chi connectivity index (χ1n) is 8.65. The third kappa shape index (κ3) is 3.46. The molecule has 0 aliphatic carbocycles. The van der Waals surface area contributed by atoms with Gasteiger partial charge in [0.2, 0.25) is 0 Å². The minimum Gasteiger partial charge on any atom is -0.337 e. The second-order valence-electron chi connectivity index (χ2n) is 6.53. The van der Waals surface area contributed by atoms with Gasteiger partial charge in [0.05, 0.1) is 11.9 Å². The zero-order valence-corrected chi connectivity index (χ0v) is 14.5. The molecule has 1 saturated heterocycles. The van der Waals surface area contributed by atoms with Gasteiger partial charge in [0.25, 0.3) is 11.8 Å². The van der Waals surface area contributed by atoms with Gasteiger partial charge in [-0.3, -0.25) is 9.78 Å². The molecule has 0 N–H and O–H groups in total. The first kappa shape index (κ1) is 16.4. The van der Waals surface area contributed by atoms with Crippen molar-refractivity contribution in [1.82, 2.24) is 25.0 Å². The summed E-state index contributed by atoms with van der Waals surface area (Å²) in [5.41, 5.74) is 2.10. The van der Waals surface area contributed by atoms with Crippen LogP contribution in [0.4, 0.5) is 0 Å². The van der Waals surface area contributed by atoms with Crippen LogP contribution in [-0.4, -0.2) is 44.0 Å². The van der Waals surface area contributed by atoms with Crippen molar-refractivity contribution in [2.45, 2.75) is 19.8 Å². The Bertz CT molecular complexity index is 892. The SMILES string of the molecule is Cc1cnc(C(=O)N2CCC(Cc3noc(-c4ccccc4)n3)C2)cn1. The lowest BCUT2D eigenvalue weighted by atomic mass is 10.1. The predicted octanol–water partition coefficient (Wildman–Crippen LogP) is 2.54. The smallest absolute Gasteiger partial charge is 0.274 e. The van der Waals surface area contributed by atoms with Crippen molar-refractivity contribution in [2.24, 2.45) is 5.92 Å². The monoisotopic (exact) mass is 349 g/mol. The summed E-state index contributed by atoms with van der Waals surface area (Å²) in [7, 11) is 0. The third-order valence-electron chi connectivity index (χ3n) is 4.53. The molecule has 1 aromatic carbocycles. The van der Waals surface area contributed by atoms with E-state index in [1.165, 1.54) is 6.20 Å². The largest absolute Gasteiger partial charge is 0.337 e. The number of carbonyl (C=O) groups is 1. The second-order valence-corrected chi connectivity index (χ2v) is 6.53. The van der Waals surface area contributed by atoms with E-state index >= 15 is 0 Å². The van der Waals surface area contributed by atoms with Crippen LogP contribution in [0, 0.1) is 12.8 Å². The average Bonchev–Trinajstić information content (AvgIpc) is 3.33. The molecule has 26 heavy (non-hydrogen) atoms. The van der Waals surface area contributed by atoms with Crippen LogP contribution in [0.25, 0.3) is 11.5 Å². The van der Waals surface area contributed by atoms with E-state index in [2.05, 4.69) is 20.1 Å². The summed E-state index contributed by atoms with van der Waals surface area (Å²) in [4.78, 5) is 27.1. The molecule has 1 unspecified atom stereocenters. The number of benzene rings is 1. The number of hydrogen-bond acceptors (Lipinski definition) is 6. The zero-order valence-electron chi connectivity index (χ0n) is 14.5. The number of carbonyl (C=O) groups excluding carboxylic acids is 1. The van der Waals surface area contributed by atoms with Crippen LogP contribution < -0.4 is 0 Å². The number of likely N-dealkylation sites (tertiary alicyclic amines) is 1. The van der Waals surface area contributed by atoms with E-state index in [0.29, 0.717) is 42.8 Å². The Morgan fingerprint density at radius 3 is 2.85 bits per heavy atom. The second kappa shape index (κ2) is 7.03. The van der Waals surface area contributed by atoms with E-state index < -0.39 is 0 Å². The van der Waals surface area contributed by atoms with Crippen molar-refractivity contribution in [3.05, 3.63) is 59.9 Å². The van der Waals surface area contributed by atoms with Crippen LogP contribution >= 0.6 is 0 Å². The average molecular weight is 349 g/mol. The lowest BCUT2D eigenvalue weighted by molar-refractivity contribution is 0.0780. The number of hydrogen-bond donors (Lipinski definition) is 0. The van der Waals surface area contributed by atoms with Gasteiger partial charge in [-0.05, 0) is 31.4 Å². The summed E-state index contributed by atoms with van der Waals surface area (Å²) in [5, 5.41) is 4.08. The fraction of sp³-hybridized carbons (Fsp3) is 0.316. The summed E-state index contributed by atoms with van der Waals surface area (Å²) >= 11 is 0. The van der Waals surface area contributed by atoms with Crippen LogP contribution in [0.15, 0.2) is 47.2 Å². The first-order valence-corrected chi connectivity index (χ1v) is 8.65. The van der Waals surface area contributed by atoms with Crippen molar-refractivity contribution in [1.29, 1.82) is 0 Å². The van der Waals surface area contributed by atoms with Crippen LogP contribution in [0.2, 0.25) is 0 Å². The molecule has 132 valence electrons. The van der Waals surface area contributed by atoms with Gasteiger partial charge >= 0.3 is 0 Å². The zero-order chi connectivity index (χ0) is 17.9. The van der Waals surface area contributed by atoms with Gasteiger partial charge < -0.3 is 9.42 Å². The molecule has 1 atom stereocenters. The Morgan fingerprint density at radius 2 is 2.08 bits per heavy atom. The maximum absolute atomic E-state index is 12.5. The molecule has 0 saturated carbocycles. The minimum atomic E-state index is -0.0712. The van der Waals surface area contributed by atoms with Crippen LogP contribution in [-0.2, 0) is 6.42 Å². The van der Waals surface area contributed by atoms with Crippen molar-refractivity contribution in [3.63, 3.8) is 0 Å². The van der Waals surface area contributed by atoms with E-state index in [1.54, 1.807) is 6.20 Å². The van der Waals surface area contributed by atoms with Crippen LogP contribution in [0.5, 0.6) is 0 Å². The summed E-state index contributed by atoms with van der Waals surface area (Å²) < 4.78 is 5.36. The van der Waals surface area contributed by atoms with Gasteiger partial charge in [-0.2, -0.15) is 4.98 Å². The molecule has 3 aromatic rings. The highest BCUT2D eigenvalue weighted by Crippen LogP contribution is 2.23. The summed E-state index contributed by atoms with van der Waals surface area (Å²) in [6, 6.07) is 9.70. The minimum absolute atomic E-state index is 0.0712. The number of aryl methyl sites for hydroxylation is 1. The van der Waals surface area contributed by atoms with E-state index in [9.17, 15) is 4.79 Å². The number of rotatable bonds is 4. The van der Waals surface area contributed by atoms with Gasteiger partial charge in [0, 0.05) is 31.3 Å². The standard InChI is InChI=1S/C19H19N5O2/c1-13-10-21-16(11-20-13)19(25)24-8-7-14(12-24)9-17-22-18(26-23-17)15-5-3-2-4-6-15/h2-6,10-11,14H,7-9,12H2,1H3. The molecule has 1 fully saturated rings. The Hall–Kier alpha value is -3.09. The maximum Gasteiger partial charge on any atom is 0.274 e. The topological polar surface area (TPSA) is 85.0 Å².